The number of hydrogen-bond donors (Lipinski definition) is 0. The molecule has 6 heteroatoms. The van der Waals surface area contributed by atoms with Crippen LogP contribution in [-0.4, -0.2) is 34.2 Å². The van der Waals surface area contributed by atoms with E-state index in [9.17, 15) is 9.59 Å². The van der Waals surface area contributed by atoms with Crippen molar-refractivity contribution in [2.45, 2.75) is 13.2 Å². The van der Waals surface area contributed by atoms with Gasteiger partial charge in [-0.3, -0.25) is 9.59 Å². The first-order valence-corrected chi connectivity index (χ1v) is 7.31. The lowest BCUT2D eigenvalue weighted by Crippen LogP contribution is -2.37. The Balaban J connectivity index is 1.96. The highest BCUT2D eigenvalue weighted by atomic mass is 35.5. The molecule has 0 atom stereocenters. The SMILES string of the molecule is CN1CCn2cc(C(=O)Cl)c(OCc3ccccc3)c2C1=O. The zero-order valence-electron chi connectivity index (χ0n) is 12.1. The number of hydrogen-bond acceptors (Lipinski definition) is 3. The van der Waals surface area contributed by atoms with Gasteiger partial charge in [0, 0.05) is 26.3 Å². The number of ether oxygens (including phenoxy) is 1. The molecular formula is C16H15ClN2O3. The van der Waals surface area contributed by atoms with Gasteiger partial charge in [0.05, 0.1) is 5.56 Å². The van der Waals surface area contributed by atoms with E-state index in [1.54, 1.807) is 22.7 Å². The van der Waals surface area contributed by atoms with Crippen molar-refractivity contribution in [2.75, 3.05) is 13.6 Å². The van der Waals surface area contributed by atoms with E-state index in [0.29, 0.717) is 18.8 Å². The van der Waals surface area contributed by atoms with Gasteiger partial charge in [-0.05, 0) is 17.2 Å². The summed E-state index contributed by atoms with van der Waals surface area (Å²) in [5.41, 5.74) is 1.57. The number of benzene rings is 1. The molecule has 114 valence electrons. The molecule has 1 aromatic carbocycles. The number of carbonyl (C=O) groups excluding carboxylic acids is 2. The first-order chi connectivity index (χ1) is 10.6. The molecule has 0 saturated carbocycles. The van der Waals surface area contributed by atoms with Crippen LogP contribution in [0.1, 0.15) is 26.4 Å². The summed E-state index contributed by atoms with van der Waals surface area (Å²) in [5, 5.41) is -0.625. The summed E-state index contributed by atoms with van der Waals surface area (Å²) in [7, 11) is 1.72. The van der Waals surface area contributed by atoms with E-state index in [0.717, 1.165) is 5.56 Å². The second-order valence-corrected chi connectivity index (χ2v) is 5.53. The zero-order valence-corrected chi connectivity index (χ0v) is 12.8. The minimum Gasteiger partial charge on any atom is -0.486 e. The Morgan fingerprint density at radius 3 is 2.68 bits per heavy atom. The molecular weight excluding hydrogens is 304 g/mol. The fourth-order valence-corrected chi connectivity index (χ4v) is 2.62. The van der Waals surface area contributed by atoms with Crippen LogP contribution in [-0.2, 0) is 13.2 Å². The molecule has 22 heavy (non-hydrogen) atoms. The lowest BCUT2D eigenvalue weighted by Gasteiger charge is -2.25. The molecule has 0 bridgehead atoms. The molecule has 0 spiro atoms. The molecule has 0 saturated heterocycles. The topological polar surface area (TPSA) is 51.5 Å². The van der Waals surface area contributed by atoms with E-state index in [2.05, 4.69) is 0 Å². The number of fused-ring (bicyclic) bond motifs is 1. The van der Waals surface area contributed by atoms with Crippen LogP contribution in [0, 0.1) is 0 Å². The van der Waals surface area contributed by atoms with Crippen molar-refractivity contribution >= 4 is 22.8 Å². The van der Waals surface area contributed by atoms with E-state index >= 15 is 0 Å². The number of halogens is 1. The monoisotopic (exact) mass is 318 g/mol. The van der Waals surface area contributed by atoms with Gasteiger partial charge in [-0.1, -0.05) is 30.3 Å². The Kier molecular flexibility index (Phi) is 3.90. The summed E-state index contributed by atoms with van der Waals surface area (Å²) in [5.74, 6) is 0.0962. The molecule has 2 heterocycles. The van der Waals surface area contributed by atoms with E-state index in [4.69, 9.17) is 16.3 Å². The minimum atomic E-state index is -0.625. The van der Waals surface area contributed by atoms with Gasteiger partial charge in [-0.15, -0.1) is 0 Å². The largest absolute Gasteiger partial charge is 0.486 e. The summed E-state index contributed by atoms with van der Waals surface area (Å²) >= 11 is 5.64. The lowest BCUT2D eigenvalue weighted by molar-refractivity contribution is 0.0743. The Morgan fingerprint density at radius 2 is 2.00 bits per heavy atom. The molecule has 1 aliphatic rings. The first-order valence-electron chi connectivity index (χ1n) is 6.93. The fraction of sp³-hybridized carbons (Fsp3) is 0.250. The van der Waals surface area contributed by atoms with Crippen molar-refractivity contribution in [3.05, 3.63) is 53.3 Å². The number of nitrogens with zero attached hydrogens (tertiary/aromatic N) is 2. The van der Waals surface area contributed by atoms with Crippen LogP contribution in [0.2, 0.25) is 0 Å². The Hall–Kier alpha value is -2.27. The van der Waals surface area contributed by atoms with Crippen molar-refractivity contribution in [2.24, 2.45) is 0 Å². The van der Waals surface area contributed by atoms with Gasteiger partial charge in [-0.25, -0.2) is 0 Å². The van der Waals surface area contributed by atoms with E-state index in [-0.39, 0.29) is 23.8 Å². The quantitative estimate of drug-likeness (QED) is 0.814. The Bertz CT molecular complexity index is 724. The van der Waals surface area contributed by atoms with Crippen LogP contribution in [0.25, 0.3) is 0 Å². The van der Waals surface area contributed by atoms with Crippen LogP contribution >= 0.6 is 11.6 Å². The third kappa shape index (κ3) is 2.60. The molecule has 3 rings (SSSR count). The van der Waals surface area contributed by atoms with E-state index < -0.39 is 5.24 Å². The van der Waals surface area contributed by atoms with E-state index in [1.165, 1.54) is 0 Å². The molecule has 1 aromatic heterocycles. The predicted molar refractivity (Wildman–Crippen MR) is 82.4 cm³/mol. The number of rotatable bonds is 4. The van der Waals surface area contributed by atoms with Crippen molar-refractivity contribution in [3.8, 4) is 5.75 Å². The molecule has 2 aromatic rings. The Labute approximate surface area is 133 Å². The number of likely N-dealkylation sites (N-methyl/N-ethyl adjacent to an activating group) is 1. The normalized spacial score (nSPS) is 13.9. The molecule has 0 radical (unpaired) electrons. The van der Waals surface area contributed by atoms with E-state index in [1.807, 2.05) is 30.3 Å². The second-order valence-electron chi connectivity index (χ2n) is 5.19. The summed E-state index contributed by atoms with van der Waals surface area (Å²) < 4.78 is 7.50. The molecule has 1 amide bonds. The first kappa shape index (κ1) is 14.7. The highest BCUT2D eigenvalue weighted by Gasteiger charge is 2.31. The highest BCUT2D eigenvalue weighted by Crippen LogP contribution is 2.31. The maximum Gasteiger partial charge on any atom is 0.274 e. The fourth-order valence-electron chi connectivity index (χ4n) is 2.49. The smallest absolute Gasteiger partial charge is 0.274 e. The van der Waals surface area contributed by atoms with Gasteiger partial charge in [0.25, 0.3) is 11.1 Å². The zero-order chi connectivity index (χ0) is 15.7. The Morgan fingerprint density at radius 1 is 1.27 bits per heavy atom. The summed E-state index contributed by atoms with van der Waals surface area (Å²) in [6.45, 7) is 1.48. The average molecular weight is 319 g/mol. The van der Waals surface area contributed by atoms with Gasteiger partial charge >= 0.3 is 0 Å². The van der Waals surface area contributed by atoms with Gasteiger partial charge in [0.15, 0.2) is 11.4 Å². The van der Waals surface area contributed by atoms with Crippen LogP contribution in [0.4, 0.5) is 0 Å². The molecule has 1 aliphatic heterocycles. The predicted octanol–water partition coefficient (Wildman–Crippen LogP) is 2.53. The van der Waals surface area contributed by atoms with Gasteiger partial charge in [0.2, 0.25) is 0 Å². The highest BCUT2D eigenvalue weighted by molar-refractivity contribution is 6.68. The lowest BCUT2D eigenvalue weighted by atomic mass is 10.2. The van der Waals surface area contributed by atoms with Gasteiger partial charge < -0.3 is 14.2 Å². The number of aromatic nitrogens is 1. The molecule has 0 aliphatic carbocycles. The van der Waals surface area contributed by atoms with Crippen LogP contribution in [0.5, 0.6) is 5.75 Å². The molecule has 5 nitrogen and oxygen atoms in total. The van der Waals surface area contributed by atoms with Gasteiger partial charge in [0.1, 0.15) is 6.61 Å². The van der Waals surface area contributed by atoms with Crippen LogP contribution in [0.15, 0.2) is 36.5 Å². The maximum atomic E-state index is 12.4. The van der Waals surface area contributed by atoms with Crippen molar-refractivity contribution in [1.29, 1.82) is 0 Å². The minimum absolute atomic E-state index is 0.168. The second kappa shape index (κ2) is 5.85. The summed E-state index contributed by atoms with van der Waals surface area (Å²) in [4.78, 5) is 25.6. The number of amides is 1. The standard InChI is InChI=1S/C16H15ClN2O3/c1-18-7-8-19-9-12(15(17)20)14(13(19)16(18)21)22-10-11-5-3-2-4-6-11/h2-6,9H,7-8,10H2,1H3. The number of carbonyl (C=O) groups is 2. The molecule has 0 N–H and O–H groups in total. The van der Waals surface area contributed by atoms with Crippen LogP contribution in [0.3, 0.4) is 0 Å². The van der Waals surface area contributed by atoms with Crippen LogP contribution < -0.4 is 4.74 Å². The van der Waals surface area contributed by atoms with Crippen molar-refractivity contribution in [1.82, 2.24) is 9.47 Å². The molecule has 0 unspecified atom stereocenters. The maximum absolute atomic E-state index is 12.4. The van der Waals surface area contributed by atoms with Crippen molar-refractivity contribution in [3.63, 3.8) is 0 Å². The van der Waals surface area contributed by atoms with Crippen molar-refractivity contribution < 1.29 is 14.3 Å². The summed E-state index contributed by atoms with van der Waals surface area (Å²) in [6.07, 6.45) is 1.59. The summed E-state index contributed by atoms with van der Waals surface area (Å²) in [6, 6.07) is 9.55. The third-order valence-electron chi connectivity index (χ3n) is 3.70. The third-order valence-corrected chi connectivity index (χ3v) is 3.90. The van der Waals surface area contributed by atoms with Gasteiger partial charge in [-0.2, -0.15) is 0 Å². The molecule has 0 fully saturated rings. The average Bonchev–Trinajstić information content (AvgIpc) is 2.89.